The van der Waals surface area contributed by atoms with Crippen LogP contribution in [0.4, 0.5) is 0 Å². The summed E-state index contributed by atoms with van der Waals surface area (Å²) in [6.07, 6.45) is 0. The summed E-state index contributed by atoms with van der Waals surface area (Å²) in [4.78, 5) is 12.5. The molecule has 0 saturated heterocycles. The molecule has 158 valence electrons. The Morgan fingerprint density at radius 2 is 1.83 bits per heavy atom. The number of carbonyl (C=O) groups is 1. The molecule has 0 aliphatic heterocycles. The number of methoxy groups -OCH3 is 1. The van der Waals surface area contributed by atoms with Crippen LogP contribution in [-0.2, 0) is 6.61 Å². The fraction of sp³-hybridized carbons (Fsp3) is 0.348. The van der Waals surface area contributed by atoms with Gasteiger partial charge < -0.3 is 14.0 Å². The second kappa shape index (κ2) is 9.80. The van der Waals surface area contributed by atoms with Gasteiger partial charge in [-0.25, -0.2) is 0 Å². The molecule has 0 bridgehead atoms. The van der Waals surface area contributed by atoms with Crippen LogP contribution in [0, 0.1) is 13.8 Å². The first-order valence-electron chi connectivity index (χ1n) is 9.83. The summed E-state index contributed by atoms with van der Waals surface area (Å²) in [6.45, 7) is 8.52. The van der Waals surface area contributed by atoms with Gasteiger partial charge in [0, 0.05) is 11.6 Å². The Morgan fingerprint density at radius 3 is 2.50 bits per heavy atom. The van der Waals surface area contributed by atoms with Gasteiger partial charge in [0.15, 0.2) is 16.8 Å². The average Bonchev–Trinajstić information content (AvgIpc) is 3.16. The number of carbonyl (C=O) groups excluding carboxylic acids is 1. The minimum atomic E-state index is 0.0362. The molecule has 0 unspecified atom stereocenters. The summed E-state index contributed by atoms with van der Waals surface area (Å²) < 4.78 is 13.2. The highest BCUT2D eigenvalue weighted by molar-refractivity contribution is 7.99. The molecule has 0 spiro atoms. The second-order valence-corrected chi connectivity index (χ2v) is 8.30. The van der Waals surface area contributed by atoms with Crippen LogP contribution in [-0.4, -0.2) is 33.4 Å². The van der Waals surface area contributed by atoms with E-state index in [4.69, 9.17) is 9.47 Å². The molecule has 0 atom stereocenters. The van der Waals surface area contributed by atoms with Gasteiger partial charge in [0.1, 0.15) is 18.1 Å². The Bertz CT molecular complexity index is 1010. The maximum Gasteiger partial charge on any atom is 0.192 e. The zero-order valence-electron chi connectivity index (χ0n) is 18.0. The van der Waals surface area contributed by atoms with Crippen LogP contribution >= 0.6 is 11.8 Å². The van der Waals surface area contributed by atoms with Crippen molar-refractivity contribution in [2.75, 3.05) is 12.9 Å². The van der Waals surface area contributed by atoms with Gasteiger partial charge in [0.2, 0.25) is 0 Å². The standard InChI is InChI=1S/C23H27N3O3S/c1-15(2)26-22(13-29-21-12-16(3)6-7-17(21)4)24-25-23(26)30-14-20(27)18-8-10-19(28-5)11-9-18/h6-12,15H,13-14H2,1-5H3. The van der Waals surface area contributed by atoms with Crippen LogP contribution in [0.25, 0.3) is 0 Å². The fourth-order valence-corrected chi connectivity index (χ4v) is 4.00. The predicted molar refractivity (Wildman–Crippen MR) is 119 cm³/mol. The number of nitrogens with zero attached hydrogens (tertiary/aromatic N) is 3. The van der Waals surface area contributed by atoms with E-state index in [1.54, 1.807) is 31.4 Å². The minimum absolute atomic E-state index is 0.0362. The number of hydrogen-bond donors (Lipinski definition) is 0. The molecule has 7 heteroatoms. The van der Waals surface area contributed by atoms with Crippen molar-refractivity contribution >= 4 is 17.5 Å². The van der Waals surface area contributed by atoms with Gasteiger partial charge in [-0.2, -0.15) is 0 Å². The molecular weight excluding hydrogens is 398 g/mol. The Morgan fingerprint density at radius 1 is 1.10 bits per heavy atom. The van der Waals surface area contributed by atoms with Gasteiger partial charge >= 0.3 is 0 Å². The lowest BCUT2D eigenvalue weighted by atomic mass is 10.1. The molecule has 3 rings (SSSR count). The van der Waals surface area contributed by atoms with Gasteiger partial charge in [0.25, 0.3) is 0 Å². The molecule has 1 aromatic heterocycles. The van der Waals surface area contributed by atoms with Crippen LogP contribution in [0.5, 0.6) is 11.5 Å². The first-order chi connectivity index (χ1) is 14.4. The van der Waals surface area contributed by atoms with E-state index in [-0.39, 0.29) is 17.6 Å². The number of hydrogen-bond acceptors (Lipinski definition) is 6. The van der Waals surface area contributed by atoms with Crippen molar-refractivity contribution in [3.63, 3.8) is 0 Å². The summed E-state index contributed by atoms with van der Waals surface area (Å²) in [5, 5.41) is 9.34. The third-order valence-electron chi connectivity index (χ3n) is 4.70. The van der Waals surface area contributed by atoms with E-state index in [2.05, 4.69) is 30.1 Å². The zero-order valence-corrected chi connectivity index (χ0v) is 18.8. The number of aryl methyl sites for hydroxylation is 2. The maximum atomic E-state index is 12.5. The lowest BCUT2D eigenvalue weighted by molar-refractivity contribution is 0.102. The largest absolute Gasteiger partial charge is 0.497 e. The summed E-state index contributed by atoms with van der Waals surface area (Å²) in [5.41, 5.74) is 2.88. The number of Topliss-reactive ketones (excluding diaryl/α,β-unsaturated/α-hetero) is 1. The molecule has 0 saturated carbocycles. The molecule has 6 nitrogen and oxygen atoms in total. The van der Waals surface area contributed by atoms with Crippen molar-refractivity contribution in [3.05, 3.63) is 65.0 Å². The lowest BCUT2D eigenvalue weighted by Gasteiger charge is -2.15. The van der Waals surface area contributed by atoms with E-state index < -0.39 is 0 Å². The SMILES string of the molecule is COc1ccc(C(=O)CSc2nnc(COc3cc(C)ccc3C)n2C(C)C)cc1. The van der Waals surface area contributed by atoms with E-state index in [1.165, 1.54) is 11.8 Å². The highest BCUT2D eigenvalue weighted by Gasteiger charge is 2.18. The van der Waals surface area contributed by atoms with Gasteiger partial charge in [-0.15, -0.1) is 10.2 Å². The first kappa shape index (κ1) is 21.9. The number of ketones is 1. The molecular formula is C23H27N3O3S. The summed E-state index contributed by atoms with van der Waals surface area (Å²) in [6, 6.07) is 13.4. The van der Waals surface area contributed by atoms with Crippen molar-refractivity contribution in [3.8, 4) is 11.5 Å². The number of aromatic nitrogens is 3. The van der Waals surface area contributed by atoms with Crippen LogP contribution in [0.2, 0.25) is 0 Å². The quantitative estimate of drug-likeness (QED) is 0.353. The van der Waals surface area contributed by atoms with Gasteiger partial charge in [0.05, 0.1) is 12.9 Å². The average molecular weight is 426 g/mol. The maximum absolute atomic E-state index is 12.5. The van der Waals surface area contributed by atoms with Crippen LogP contribution in [0.15, 0.2) is 47.6 Å². The molecule has 0 aliphatic rings. The van der Waals surface area contributed by atoms with Crippen molar-refractivity contribution in [1.29, 1.82) is 0 Å². The first-order valence-corrected chi connectivity index (χ1v) is 10.8. The second-order valence-electron chi connectivity index (χ2n) is 7.36. The van der Waals surface area contributed by atoms with Crippen molar-refractivity contribution in [2.45, 2.75) is 45.5 Å². The molecule has 1 heterocycles. The minimum Gasteiger partial charge on any atom is -0.497 e. The zero-order chi connectivity index (χ0) is 21.7. The van der Waals surface area contributed by atoms with Crippen LogP contribution in [0.3, 0.4) is 0 Å². The molecule has 0 radical (unpaired) electrons. The van der Waals surface area contributed by atoms with Crippen LogP contribution < -0.4 is 9.47 Å². The van der Waals surface area contributed by atoms with E-state index in [9.17, 15) is 4.79 Å². The Kier molecular flexibility index (Phi) is 7.15. The fourth-order valence-electron chi connectivity index (χ4n) is 3.02. The molecule has 2 aromatic carbocycles. The lowest BCUT2D eigenvalue weighted by Crippen LogP contribution is -2.11. The Hall–Kier alpha value is -2.80. The van der Waals surface area contributed by atoms with Gasteiger partial charge in [-0.05, 0) is 69.2 Å². The summed E-state index contributed by atoms with van der Waals surface area (Å²) in [5.74, 6) is 2.64. The van der Waals surface area contributed by atoms with E-state index >= 15 is 0 Å². The summed E-state index contributed by atoms with van der Waals surface area (Å²) in [7, 11) is 1.60. The monoisotopic (exact) mass is 425 g/mol. The Balaban J connectivity index is 1.69. The van der Waals surface area contributed by atoms with E-state index in [0.717, 1.165) is 28.5 Å². The van der Waals surface area contributed by atoms with E-state index in [0.29, 0.717) is 17.3 Å². The molecule has 0 amide bonds. The van der Waals surface area contributed by atoms with Crippen molar-refractivity contribution in [2.24, 2.45) is 0 Å². The third-order valence-corrected chi connectivity index (χ3v) is 5.64. The smallest absolute Gasteiger partial charge is 0.192 e. The molecule has 30 heavy (non-hydrogen) atoms. The number of benzene rings is 2. The molecule has 3 aromatic rings. The molecule has 0 aliphatic carbocycles. The number of rotatable bonds is 9. The van der Waals surface area contributed by atoms with Gasteiger partial charge in [-0.3, -0.25) is 4.79 Å². The normalized spacial score (nSPS) is 11.0. The topological polar surface area (TPSA) is 66.2 Å². The van der Waals surface area contributed by atoms with Gasteiger partial charge in [-0.1, -0.05) is 23.9 Å². The molecule has 0 N–H and O–H groups in total. The highest BCUT2D eigenvalue weighted by Crippen LogP contribution is 2.25. The predicted octanol–water partition coefficient (Wildman–Crippen LogP) is 5.04. The summed E-state index contributed by atoms with van der Waals surface area (Å²) >= 11 is 1.39. The number of ether oxygens (including phenoxy) is 2. The third kappa shape index (κ3) is 5.21. The molecule has 0 fully saturated rings. The van der Waals surface area contributed by atoms with Crippen molar-refractivity contribution in [1.82, 2.24) is 14.8 Å². The number of thioether (sulfide) groups is 1. The van der Waals surface area contributed by atoms with Crippen LogP contribution in [0.1, 0.15) is 47.2 Å². The van der Waals surface area contributed by atoms with E-state index in [1.807, 2.05) is 30.5 Å². The highest BCUT2D eigenvalue weighted by atomic mass is 32.2. The Labute approximate surface area is 181 Å². The van der Waals surface area contributed by atoms with Crippen molar-refractivity contribution < 1.29 is 14.3 Å².